The molecule has 2 fully saturated rings. The number of fused-ring (bicyclic) bond motifs is 1. The summed E-state index contributed by atoms with van der Waals surface area (Å²) < 4.78 is 32.9. The van der Waals surface area contributed by atoms with E-state index in [4.69, 9.17) is 17.7 Å². The van der Waals surface area contributed by atoms with Crippen LogP contribution in [0.1, 0.15) is 72.2 Å². The number of hydrogen-bond donors (Lipinski definition) is 1. The Morgan fingerprint density at radius 1 is 1.09 bits per heavy atom. The molecule has 0 saturated carbocycles. The fourth-order valence-electron chi connectivity index (χ4n) is 4.94. The number of hydrogen-bond acceptors (Lipinski definition) is 9. The number of rotatable bonds is 6. The van der Waals surface area contributed by atoms with E-state index in [0.717, 1.165) is 0 Å². The largest absolute Gasteiger partial charge is 0.463 e. The van der Waals surface area contributed by atoms with E-state index in [1.165, 1.54) is 18.1 Å². The second kappa shape index (κ2) is 9.84. The van der Waals surface area contributed by atoms with Gasteiger partial charge in [0, 0.05) is 0 Å². The fraction of sp³-hybridized carbons (Fsp3) is 0.857. The van der Waals surface area contributed by atoms with Crippen molar-refractivity contribution >= 4 is 23.1 Å². The quantitative estimate of drug-likeness (QED) is 0.463. The van der Waals surface area contributed by atoms with Crippen LogP contribution >= 0.6 is 0 Å². The minimum absolute atomic E-state index is 0.0998. The minimum atomic E-state index is -2.88. The number of aliphatic hydroxyl groups excluding tert-OH is 1. The average Bonchev–Trinajstić information content (AvgIpc) is 3.32. The van der Waals surface area contributed by atoms with E-state index in [2.05, 4.69) is 70.2 Å². The summed E-state index contributed by atoms with van der Waals surface area (Å²) in [5.74, 6) is -0.756. The average molecular weight is 502 g/mol. The van der Waals surface area contributed by atoms with Gasteiger partial charge in [-0.3, -0.25) is 0 Å². The van der Waals surface area contributed by atoms with Crippen molar-refractivity contribution in [3.8, 4) is 0 Å². The van der Waals surface area contributed by atoms with Gasteiger partial charge in [-0.1, -0.05) is 55.4 Å². The molecule has 1 aromatic heterocycles. The van der Waals surface area contributed by atoms with Gasteiger partial charge in [-0.15, -0.1) is 5.10 Å². The van der Waals surface area contributed by atoms with E-state index >= 15 is 0 Å². The molecular weight excluding hydrogens is 462 g/mol. The molecule has 2 aliphatic rings. The number of aliphatic hydroxyl groups is 1. The Bertz CT molecular complexity index is 817. The molecule has 12 heteroatoms. The molecule has 0 unspecified atom stereocenters. The van der Waals surface area contributed by atoms with Gasteiger partial charge in [-0.05, 0) is 22.2 Å². The van der Waals surface area contributed by atoms with Crippen LogP contribution in [-0.2, 0) is 22.4 Å². The summed E-state index contributed by atoms with van der Waals surface area (Å²) in [6.45, 7) is 17.4. The Morgan fingerprint density at radius 2 is 1.67 bits per heavy atom. The molecule has 0 spiro atoms. The van der Waals surface area contributed by atoms with Crippen LogP contribution in [0, 0.1) is 0 Å². The summed E-state index contributed by atoms with van der Waals surface area (Å²) in [6, 6.07) is 0. The van der Waals surface area contributed by atoms with Crippen molar-refractivity contribution in [2.75, 3.05) is 13.7 Å². The second-order valence-corrected chi connectivity index (χ2v) is 19.0. The number of ether oxygens (including phenoxy) is 2. The molecule has 0 radical (unpaired) electrons. The van der Waals surface area contributed by atoms with Crippen LogP contribution in [0.25, 0.3) is 0 Å². The van der Waals surface area contributed by atoms with Gasteiger partial charge in [0.2, 0.25) is 0 Å². The zero-order valence-electron chi connectivity index (χ0n) is 21.1. The van der Waals surface area contributed by atoms with E-state index in [0.29, 0.717) is 0 Å². The first-order valence-corrected chi connectivity index (χ1v) is 15.7. The van der Waals surface area contributed by atoms with Crippen molar-refractivity contribution in [3.05, 3.63) is 12.2 Å². The molecule has 10 nitrogen and oxygen atoms in total. The van der Waals surface area contributed by atoms with Gasteiger partial charge in [0.05, 0.1) is 13.7 Å². The third-order valence-electron chi connectivity index (χ3n) is 6.78. The maximum absolute atomic E-state index is 11.8. The minimum Gasteiger partial charge on any atom is -0.463 e. The fourth-order valence-corrected chi connectivity index (χ4v) is 16.2. The summed E-state index contributed by atoms with van der Waals surface area (Å²) in [7, 11) is -4.32. The molecule has 0 amide bonds. The van der Waals surface area contributed by atoms with Crippen LogP contribution < -0.4 is 0 Å². The predicted molar refractivity (Wildman–Crippen MR) is 125 cm³/mol. The number of carbonyl (C=O) groups is 1. The Kier molecular flexibility index (Phi) is 7.88. The molecule has 2 aliphatic heterocycles. The second-order valence-electron chi connectivity index (χ2n) is 10.2. The monoisotopic (exact) mass is 501 g/mol. The molecule has 2 saturated heterocycles. The molecule has 3 heterocycles. The number of nitrogens with zero attached hydrogens (tertiary/aromatic N) is 3. The maximum Gasteiger partial charge on any atom is 0.377 e. The van der Waals surface area contributed by atoms with Crippen LogP contribution in [0.15, 0.2) is 6.33 Å². The van der Waals surface area contributed by atoms with Crippen molar-refractivity contribution in [1.82, 2.24) is 14.8 Å². The summed E-state index contributed by atoms with van der Waals surface area (Å²) >= 11 is 0. The van der Waals surface area contributed by atoms with E-state index in [-0.39, 0.29) is 34.6 Å². The number of aromatic nitrogens is 3. The summed E-state index contributed by atoms with van der Waals surface area (Å²) in [6.07, 6.45) is -1.70. The van der Waals surface area contributed by atoms with Crippen LogP contribution in [0.2, 0.25) is 22.2 Å². The smallest absolute Gasteiger partial charge is 0.377 e. The lowest BCUT2D eigenvalue weighted by Crippen LogP contribution is -2.65. The van der Waals surface area contributed by atoms with Crippen molar-refractivity contribution < 1.29 is 32.3 Å². The van der Waals surface area contributed by atoms with Crippen LogP contribution in [0.5, 0.6) is 0 Å². The van der Waals surface area contributed by atoms with Crippen molar-refractivity contribution in [2.45, 2.75) is 102 Å². The summed E-state index contributed by atoms with van der Waals surface area (Å²) in [5, 5.41) is 15.4. The highest BCUT2D eigenvalue weighted by Gasteiger charge is 2.61. The van der Waals surface area contributed by atoms with Crippen LogP contribution in [-0.4, -0.2) is 75.0 Å². The molecule has 0 aromatic carbocycles. The van der Waals surface area contributed by atoms with Gasteiger partial charge < -0.3 is 27.5 Å². The highest BCUT2D eigenvalue weighted by molar-refractivity contribution is 6.83. The zero-order chi connectivity index (χ0) is 24.7. The number of carbonyl (C=O) groups excluding carboxylic acids is 1. The Balaban J connectivity index is 2.01. The molecule has 0 bridgehead atoms. The van der Waals surface area contributed by atoms with Crippen LogP contribution in [0.4, 0.5) is 0 Å². The lowest BCUT2D eigenvalue weighted by molar-refractivity contribution is -0.0632. The molecule has 4 atom stereocenters. The Hall–Kier alpha value is -1.16. The first-order chi connectivity index (χ1) is 15.4. The first-order valence-electron chi connectivity index (χ1n) is 11.7. The van der Waals surface area contributed by atoms with E-state index < -0.39 is 47.6 Å². The van der Waals surface area contributed by atoms with Crippen LogP contribution in [0.3, 0.4) is 0 Å². The van der Waals surface area contributed by atoms with Gasteiger partial charge in [0.1, 0.15) is 24.6 Å². The third kappa shape index (κ3) is 4.58. The lowest BCUT2D eigenvalue weighted by atomic mass is 10.1. The number of methoxy groups -OCH3 is 1. The molecule has 33 heavy (non-hydrogen) atoms. The molecule has 188 valence electrons. The normalized spacial score (nSPS) is 29.4. The summed E-state index contributed by atoms with van der Waals surface area (Å²) in [4.78, 5) is 15.8. The van der Waals surface area contributed by atoms with Gasteiger partial charge in [-0.25, -0.2) is 14.5 Å². The van der Waals surface area contributed by atoms with Crippen molar-refractivity contribution in [1.29, 1.82) is 0 Å². The zero-order valence-corrected chi connectivity index (χ0v) is 23.1. The predicted octanol–water partition coefficient (Wildman–Crippen LogP) is 3.28. The summed E-state index contributed by atoms with van der Waals surface area (Å²) in [5.41, 5.74) is 0.685. The van der Waals surface area contributed by atoms with Gasteiger partial charge in [-0.2, -0.15) is 0 Å². The highest BCUT2D eigenvalue weighted by atomic mass is 28.5. The molecular formula is C21H39N3O7Si2. The van der Waals surface area contributed by atoms with Gasteiger partial charge >= 0.3 is 23.1 Å². The molecule has 1 N–H and O–H groups in total. The molecule has 0 aliphatic carbocycles. The van der Waals surface area contributed by atoms with Crippen molar-refractivity contribution in [3.63, 3.8) is 0 Å². The SMILES string of the molecule is COC(=O)c1ncn([C@@H]2O[C@@H]3CO[Si](C(C)C)(C(C)C)O[Si](C(C)C)(C(C)C)O[C@H]3[C@H]2O)n1. The molecule has 3 rings (SSSR count). The molecule has 1 aromatic rings. The van der Waals surface area contributed by atoms with E-state index in [1.54, 1.807) is 0 Å². The van der Waals surface area contributed by atoms with E-state index in [1.807, 2.05) is 0 Å². The Morgan fingerprint density at radius 3 is 2.18 bits per heavy atom. The van der Waals surface area contributed by atoms with Gasteiger partial charge in [0.15, 0.2) is 6.23 Å². The topological polar surface area (TPSA) is 114 Å². The van der Waals surface area contributed by atoms with E-state index in [9.17, 15) is 9.90 Å². The third-order valence-corrected chi connectivity index (χ3v) is 17.0. The number of esters is 1. The Labute approximate surface area is 198 Å². The van der Waals surface area contributed by atoms with Gasteiger partial charge in [0.25, 0.3) is 5.82 Å². The highest BCUT2D eigenvalue weighted by Crippen LogP contribution is 2.48. The first kappa shape index (κ1) is 26.4. The lowest BCUT2D eigenvalue weighted by Gasteiger charge is -2.51. The maximum atomic E-state index is 11.8. The standard InChI is InChI=1S/C21H39N3O7Si2/c1-12(2)32(13(3)4)28-10-16-18(30-33(31-32,14(5)6)15(7)8)17(25)20(29-16)24-11-22-19(23-24)21(26)27-9/h11-18,20,25H,10H2,1-9H3/t16-,17-,18-,20-/m1/s1. The van der Waals surface area contributed by atoms with Crippen molar-refractivity contribution in [2.24, 2.45) is 0 Å².